The number of ketones is 1. The number of thioether (sulfide) groups is 1. The zero-order valence-electron chi connectivity index (χ0n) is 16.7. The van der Waals surface area contributed by atoms with Gasteiger partial charge in [0.25, 0.3) is 0 Å². The molecule has 0 spiro atoms. The summed E-state index contributed by atoms with van der Waals surface area (Å²) in [6, 6.07) is 7.25. The molecule has 29 heavy (non-hydrogen) atoms. The minimum absolute atomic E-state index is 0.0499. The monoisotopic (exact) mass is 434 g/mol. The Balaban J connectivity index is 1.40. The van der Waals surface area contributed by atoms with Crippen molar-refractivity contribution >= 4 is 35.1 Å². The highest BCUT2D eigenvalue weighted by molar-refractivity contribution is 7.98. The molecule has 1 aromatic heterocycles. The van der Waals surface area contributed by atoms with Crippen LogP contribution in [0.5, 0.6) is 0 Å². The predicted molar refractivity (Wildman–Crippen MR) is 116 cm³/mol. The Morgan fingerprint density at radius 1 is 1.17 bits per heavy atom. The molecule has 8 heteroatoms. The predicted octanol–water partition coefficient (Wildman–Crippen LogP) is 4.48. The van der Waals surface area contributed by atoms with Crippen molar-refractivity contribution in [3.63, 3.8) is 0 Å². The summed E-state index contributed by atoms with van der Waals surface area (Å²) in [5.74, 6) is 0.855. The number of carbonyl (C=O) groups excluding carboxylic acids is 2. The van der Waals surface area contributed by atoms with Gasteiger partial charge in [-0.15, -0.1) is 10.2 Å². The van der Waals surface area contributed by atoms with E-state index in [0.29, 0.717) is 23.2 Å². The first-order valence-corrected chi connectivity index (χ1v) is 11.7. The number of nitrogens with one attached hydrogen (secondary N) is 1. The molecular weight excluding hydrogens is 408 g/mol. The van der Waals surface area contributed by atoms with Crippen LogP contribution in [0.4, 0.5) is 0 Å². The van der Waals surface area contributed by atoms with Crippen molar-refractivity contribution in [3.05, 3.63) is 40.7 Å². The van der Waals surface area contributed by atoms with Gasteiger partial charge in [0.2, 0.25) is 5.91 Å². The van der Waals surface area contributed by atoms with Gasteiger partial charge in [-0.05, 0) is 49.8 Å². The Morgan fingerprint density at radius 3 is 2.59 bits per heavy atom. The topological polar surface area (TPSA) is 76.9 Å². The second-order valence-corrected chi connectivity index (χ2v) is 8.50. The smallest absolute Gasteiger partial charge is 0.220 e. The molecule has 0 bridgehead atoms. The molecule has 2 aromatic rings. The van der Waals surface area contributed by atoms with Gasteiger partial charge in [0.15, 0.2) is 10.9 Å². The quantitative estimate of drug-likeness (QED) is 0.339. The Morgan fingerprint density at radius 2 is 1.90 bits per heavy atom. The minimum Gasteiger partial charge on any atom is -0.356 e. The molecule has 1 heterocycles. The summed E-state index contributed by atoms with van der Waals surface area (Å²) in [5, 5.41) is 13.2. The van der Waals surface area contributed by atoms with Crippen molar-refractivity contribution in [1.29, 1.82) is 0 Å². The molecule has 3 rings (SSSR count). The second-order valence-electron chi connectivity index (χ2n) is 7.29. The molecule has 1 aromatic carbocycles. The van der Waals surface area contributed by atoms with Gasteiger partial charge in [-0.3, -0.25) is 9.59 Å². The van der Waals surface area contributed by atoms with Gasteiger partial charge in [-0.25, -0.2) is 0 Å². The van der Waals surface area contributed by atoms with Gasteiger partial charge in [0.05, 0.1) is 0 Å². The third-order valence-electron chi connectivity index (χ3n) is 5.25. The molecule has 0 aliphatic heterocycles. The summed E-state index contributed by atoms with van der Waals surface area (Å²) < 4.78 is 2.30. The maximum atomic E-state index is 12.1. The second kappa shape index (κ2) is 10.8. The molecule has 1 aliphatic rings. The zero-order valence-corrected chi connectivity index (χ0v) is 18.3. The molecule has 6 nitrogen and oxygen atoms in total. The number of halogens is 1. The van der Waals surface area contributed by atoms with Crippen LogP contribution in [-0.2, 0) is 11.2 Å². The van der Waals surface area contributed by atoms with Gasteiger partial charge >= 0.3 is 0 Å². The first-order valence-electron chi connectivity index (χ1n) is 10.1. The molecule has 0 radical (unpaired) electrons. The number of amides is 1. The van der Waals surface area contributed by atoms with Gasteiger partial charge in [-0.1, -0.05) is 36.2 Å². The molecule has 156 valence electrons. The SMILES string of the molecule is CSc1nnc(CCCNC(=O)CCC(=O)c2ccc(Cl)cc2)n1C1CCCC1. The van der Waals surface area contributed by atoms with E-state index in [9.17, 15) is 9.59 Å². The maximum Gasteiger partial charge on any atom is 0.220 e. The fourth-order valence-corrected chi connectivity index (χ4v) is 4.42. The van der Waals surface area contributed by atoms with Crippen molar-refractivity contribution in [2.45, 2.75) is 62.6 Å². The van der Waals surface area contributed by atoms with Crippen LogP contribution in [0.2, 0.25) is 5.02 Å². The summed E-state index contributed by atoms with van der Waals surface area (Å²) in [4.78, 5) is 24.2. The molecular formula is C21H27ClN4O2S. The largest absolute Gasteiger partial charge is 0.356 e. The molecule has 1 N–H and O–H groups in total. The van der Waals surface area contributed by atoms with Crippen LogP contribution in [0, 0.1) is 0 Å². The molecule has 0 atom stereocenters. The zero-order chi connectivity index (χ0) is 20.6. The molecule has 1 amide bonds. The van der Waals surface area contributed by atoms with Crippen molar-refractivity contribution in [3.8, 4) is 0 Å². The van der Waals surface area contributed by atoms with E-state index in [1.54, 1.807) is 36.0 Å². The molecule has 1 fully saturated rings. The highest BCUT2D eigenvalue weighted by Gasteiger charge is 2.23. The number of Topliss-reactive ketones (excluding diaryl/α,β-unsaturated/α-hetero) is 1. The first-order chi connectivity index (χ1) is 14.1. The van der Waals surface area contributed by atoms with E-state index in [0.717, 1.165) is 23.8 Å². The molecule has 1 saturated carbocycles. The lowest BCUT2D eigenvalue weighted by molar-refractivity contribution is -0.121. The Hall–Kier alpha value is -1.86. The van der Waals surface area contributed by atoms with Gasteiger partial charge < -0.3 is 9.88 Å². The van der Waals surface area contributed by atoms with Gasteiger partial charge in [0, 0.05) is 42.4 Å². The van der Waals surface area contributed by atoms with E-state index in [-0.39, 0.29) is 24.5 Å². The lowest BCUT2D eigenvalue weighted by atomic mass is 10.1. The number of hydrogen-bond donors (Lipinski definition) is 1. The van der Waals surface area contributed by atoms with Crippen LogP contribution in [0.3, 0.4) is 0 Å². The number of nitrogens with zero attached hydrogens (tertiary/aromatic N) is 3. The van der Waals surface area contributed by atoms with Crippen molar-refractivity contribution in [2.75, 3.05) is 12.8 Å². The van der Waals surface area contributed by atoms with Gasteiger partial charge in [0.1, 0.15) is 5.82 Å². The number of aryl methyl sites for hydroxylation is 1. The summed E-state index contributed by atoms with van der Waals surface area (Å²) in [6.45, 7) is 0.570. The highest BCUT2D eigenvalue weighted by atomic mass is 35.5. The fraction of sp³-hybridized carbons (Fsp3) is 0.524. The Kier molecular flexibility index (Phi) is 8.12. The Labute approximate surface area is 180 Å². The van der Waals surface area contributed by atoms with Crippen LogP contribution in [0.1, 0.15) is 67.2 Å². The third-order valence-corrected chi connectivity index (χ3v) is 6.15. The normalized spacial score (nSPS) is 14.3. The van der Waals surface area contributed by atoms with Crippen molar-refractivity contribution in [2.24, 2.45) is 0 Å². The maximum absolute atomic E-state index is 12.1. The van der Waals surface area contributed by atoms with E-state index >= 15 is 0 Å². The average Bonchev–Trinajstić information content (AvgIpc) is 3.39. The molecule has 0 unspecified atom stereocenters. The number of carbonyl (C=O) groups is 2. The summed E-state index contributed by atoms with van der Waals surface area (Å²) in [5.41, 5.74) is 0.582. The average molecular weight is 435 g/mol. The van der Waals surface area contributed by atoms with Crippen molar-refractivity contribution in [1.82, 2.24) is 20.1 Å². The fourth-order valence-electron chi connectivity index (χ4n) is 3.72. The summed E-state index contributed by atoms with van der Waals surface area (Å²) in [7, 11) is 0. The standard InChI is InChI=1S/C21H27ClN4O2S/c1-29-21-25-24-19(26(21)17-5-2-3-6-17)7-4-14-23-20(28)13-12-18(27)15-8-10-16(22)11-9-15/h8-11,17H,2-7,12-14H2,1H3,(H,23,28). The van der Waals surface area contributed by atoms with Gasteiger partial charge in [-0.2, -0.15) is 0 Å². The van der Waals surface area contributed by atoms with E-state index in [2.05, 4.69) is 20.1 Å². The molecule has 1 aliphatic carbocycles. The lowest BCUT2D eigenvalue weighted by Gasteiger charge is -2.16. The van der Waals surface area contributed by atoms with Crippen LogP contribution in [0.25, 0.3) is 0 Å². The number of benzene rings is 1. The first kappa shape index (κ1) is 21.8. The lowest BCUT2D eigenvalue weighted by Crippen LogP contribution is -2.25. The number of aromatic nitrogens is 3. The summed E-state index contributed by atoms with van der Waals surface area (Å²) >= 11 is 7.46. The summed E-state index contributed by atoms with van der Waals surface area (Å²) in [6.07, 6.45) is 8.92. The van der Waals surface area contributed by atoms with Crippen LogP contribution in [0.15, 0.2) is 29.4 Å². The Bertz CT molecular complexity index is 832. The number of rotatable bonds is 10. The van der Waals surface area contributed by atoms with Crippen LogP contribution < -0.4 is 5.32 Å². The van der Waals surface area contributed by atoms with E-state index < -0.39 is 0 Å². The van der Waals surface area contributed by atoms with Crippen LogP contribution in [-0.4, -0.2) is 39.3 Å². The third kappa shape index (κ3) is 6.06. The van der Waals surface area contributed by atoms with E-state index in [4.69, 9.17) is 11.6 Å². The number of hydrogen-bond acceptors (Lipinski definition) is 5. The minimum atomic E-state index is -0.102. The van der Waals surface area contributed by atoms with Crippen molar-refractivity contribution < 1.29 is 9.59 Å². The van der Waals surface area contributed by atoms with E-state index in [1.807, 2.05) is 6.26 Å². The highest BCUT2D eigenvalue weighted by Crippen LogP contribution is 2.33. The van der Waals surface area contributed by atoms with E-state index in [1.165, 1.54) is 25.7 Å². The molecule has 0 saturated heterocycles. The van der Waals surface area contributed by atoms with Crippen LogP contribution >= 0.6 is 23.4 Å².